The van der Waals surface area contributed by atoms with Gasteiger partial charge in [-0.25, -0.2) is 9.59 Å². The van der Waals surface area contributed by atoms with Gasteiger partial charge in [0.15, 0.2) is 0 Å². The maximum Gasteiger partial charge on any atom is 0.408 e. The third-order valence-corrected chi connectivity index (χ3v) is 4.34. The Morgan fingerprint density at radius 2 is 2.13 bits per heavy atom. The highest BCUT2D eigenvalue weighted by Gasteiger charge is 2.23. The van der Waals surface area contributed by atoms with E-state index in [0.29, 0.717) is 12.8 Å². The molecule has 6 nitrogen and oxygen atoms in total. The largest absolute Gasteiger partial charge is 0.467 e. The van der Waals surface area contributed by atoms with Gasteiger partial charge in [-0.15, -0.1) is 11.8 Å². The lowest BCUT2D eigenvalue weighted by Crippen LogP contribution is -2.42. The summed E-state index contributed by atoms with van der Waals surface area (Å²) in [4.78, 5) is 28.0. The van der Waals surface area contributed by atoms with E-state index in [0.717, 1.165) is 22.9 Å². The monoisotopic (exact) mass is 336 g/mol. The fourth-order valence-electron chi connectivity index (χ4n) is 2.10. The minimum atomic E-state index is -0.729. The van der Waals surface area contributed by atoms with E-state index in [1.54, 1.807) is 11.8 Å². The van der Waals surface area contributed by atoms with Crippen LogP contribution in [-0.2, 0) is 20.9 Å². The first kappa shape index (κ1) is 17.3. The lowest BCUT2D eigenvalue weighted by molar-refractivity contribution is -0.143. The fraction of sp³-hybridized carbons (Fsp3) is 0.438. The van der Waals surface area contributed by atoms with Gasteiger partial charge in [-0.2, -0.15) is 0 Å². The van der Waals surface area contributed by atoms with E-state index in [1.165, 1.54) is 7.11 Å². The summed E-state index contributed by atoms with van der Waals surface area (Å²) in [6.07, 6.45) is 0.452. The number of esters is 1. The van der Waals surface area contributed by atoms with Crippen molar-refractivity contribution in [3.8, 4) is 0 Å². The molecule has 0 radical (unpaired) electrons. The fourth-order valence-corrected chi connectivity index (χ4v) is 2.96. The smallest absolute Gasteiger partial charge is 0.408 e. The van der Waals surface area contributed by atoms with Crippen molar-refractivity contribution in [3.63, 3.8) is 0 Å². The van der Waals surface area contributed by atoms with Crippen LogP contribution in [0.2, 0.25) is 0 Å². The predicted octanol–water partition coefficient (Wildman–Crippen LogP) is 2.38. The number of alkyl carbamates (subject to hydrolysis) is 1. The Labute approximate surface area is 139 Å². The Balaban J connectivity index is 1.81. The zero-order valence-electron chi connectivity index (χ0n) is 13.0. The topological polar surface area (TPSA) is 77.0 Å². The van der Waals surface area contributed by atoms with Crippen LogP contribution in [0.1, 0.15) is 18.4 Å². The summed E-state index contributed by atoms with van der Waals surface area (Å²) < 4.78 is 9.87. The van der Waals surface area contributed by atoms with Crippen LogP contribution in [0, 0.1) is 0 Å². The number of carbonyl (C=O) groups is 2. The summed E-state index contributed by atoms with van der Waals surface area (Å²) in [6, 6.07) is 8.62. The Kier molecular flexibility index (Phi) is 6.93. The normalized spacial score (nSPS) is 14.7. The molecule has 0 saturated carbocycles. The molecule has 1 aromatic carbocycles. The highest BCUT2D eigenvalue weighted by molar-refractivity contribution is 8.14. The Morgan fingerprint density at radius 3 is 2.78 bits per heavy atom. The lowest BCUT2D eigenvalue weighted by atomic mass is 10.1. The molecule has 0 saturated heterocycles. The van der Waals surface area contributed by atoms with Gasteiger partial charge >= 0.3 is 12.1 Å². The SMILES string of the molecule is COC(=O)[C@@H](CCC1=NCCS1)NC(=O)OCc1ccccc1. The van der Waals surface area contributed by atoms with Crippen molar-refractivity contribution < 1.29 is 19.1 Å². The van der Waals surface area contributed by atoms with E-state index < -0.39 is 18.1 Å². The molecular weight excluding hydrogens is 316 g/mol. The predicted molar refractivity (Wildman–Crippen MR) is 89.6 cm³/mol. The van der Waals surface area contributed by atoms with Gasteiger partial charge < -0.3 is 14.8 Å². The average molecular weight is 336 g/mol. The Morgan fingerprint density at radius 1 is 1.35 bits per heavy atom. The maximum atomic E-state index is 11.9. The van der Waals surface area contributed by atoms with Crippen molar-refractivity contribution in [2.75, 3.05) is 19.4 Å². The quantitative estimate of drug-likeness (QED) is 0.774. The first-order valence-corrected chi connectivity index (χ1v) is 8.39. The summed E-state index contributed by atoms with van der Waals surface area (Å²) in [5.41, 5.74) is 0.883. The summed E-state index contributed by atoms with van der Waals surface area (Å²) in [6.45, 7) is 0.971. The van der Waals surface area contributed by atoms with Gasteiger partial charge in [0.1, 0.15) is 12.6 Å². The van der Waals surface area contributed by atoms with Crippen molar-refractivity contribution in [3.05, 3.63) is 35.9 Å². The molecule has 7 heteroatoms. The number of methoxy groups -OCH3 is 1. The highest BCUT2D eigenvalue weighted by Crippen LogP contribution is 2.17. The molecule has 1 heterocycles. The molecule has 0 spiro atoms. The zero-order chi connectivity index (χ0) is 16.5. The van der Waals surface area contributed by atoms with Crippen LogP contribution in [0.5, 0.6) is 0 Å². The molecule has 0 bridgehead atoms. The first-order valence-electron chi connectivity index (χ1n) is 7.40. The van der Waals surface area contributed by atoms with Gasteiger partial charge in [0.05, 0.1) is 12.2 Å². The van der Waals surface area contributed by atoms with Crippen LogP contribution in [0.15, 0.2) is 35.3 Å². The number of aliphatic imine (C=N–C) groups is 1. The number of nitrogens with one attached hydrogen (secondary N) is 1. The summed E-state index contributed by atoms with van der Waals surface area (Å²) >= 11 is 1.68. The molecule has 1 aliphatic rings. The van der Waals surface area contributed by atoms with E-state index in [2.05, 4.69) is 10.3 Å². The van der Waals surface area contributed by atoms with E-state index in [9.17, 15) is 9.59 Å². The number of thioether (sulfide) groups is 1. The minimum absolute atomic E-state index is 0.156. The average Bonchev–Trinajstić information content (AvgIpc) is 3.10. The molecular formula is C16H20N2O4S. The Bertz CT molecular complexity index is 562. The Hall–Kier alpha value is -2.02. The van der Waals surface area contributed by atoms with E-state index in [1.807, 2.05) is 30.3 Å². The van der Waals surface area contributed by atoms with Crippen LogP contribution in [0.25, 0.3) is 0 Å². The zero-order valence-corrected chi connectivity index (χ0v) is 13.8. The van der Waals surface area contributed by atoms with Crippen LogP contribution in [0.3, 0.4) is 0 Å². The standard InChI is InChI=1S/C16H20N2O4S/c1-21-15(19)13(7-8-14-17-9-10-23-14)18-16(20)22-11-12-5-3-2-4-6-12/h2-6,13H,7-11H2,1H3,(H,18,20)/t13-/m1/s1. The molecule has 1 atom stereocenters. The number of hydrogen-bond acceptors (Lipinski definition) is 6. The van der Waals surface area contributed by atoms with Crippen molar-refractivity contribution in [1.82, 2.24) is 5.32 Å². The molecule has 0 aliphatic carbocycles. The van der Waals surface area contributed by atoms with Gasteiger partial charge in [-0.3, -0.25) is 4.99 Å². The number of hydrogen-bond donors (Lipinski definition) is 1. The molecule has 0 aromatic heterocycles. The van der Waals surface area contributed by atoms with Gasteiger partial charge in [-0.05, 0) is 18.4 Å². The van der Waals surface area contributed by atoms with Crippen LogP contribution in [-0.4, -0.2) is 42.6 Å². The summed E-state index contributed by atoms with van der Waals surface area (Å²) in [7, 11) is 1.30. The third kappa shape index (κ3) is 5.94. The molecule has 1 aliphatic heterocycles. The molecule has 0 fully saturated rings. The van der Waals surface area contributed by atoms with Gasteiger partial charge in [0.2, 0.25) is 0 Å². The second kappa shape index (κ2) is 9.19. The second-order valence-corrected chi connectivity index (χ2v) is 6.11. The number of nitrogens with zero attached hydrogens (tertiary/aromatic N) is 1. The van der Waals surface area contributed by atoms with Crippen molar-refractivity contribution in [2.45, 2.75) is 25.5 Å². The van der Waals surface area contributed by atoms with E-state index in [-0.39, 0.29) is 6.61 Å². The highest BCUT2D eigenvalue weighted by atomic mass is 32.2. The maximum absolute atomic E-state index is 11.9. The number of rotatable bonds is 7. The van der Waals surface area contributed by atoms with Crippen molar-refractivity contribution >= 4 is 28.9 Å². The van der Waals surface area contributed by atoms with Crippen LogP contribution in [0.4, 0.5) is 4.79 Å². The number of amides is 1. The number of carbonyl (C=O) groups excluding carboxylic acids is 2. The minimum Gasteiger partial charge on any atom is -0.467 e. The third-order valence-electron chi connectivity index (χ3n) is 3.29. The number of ether oxygens (including phenoxy) is 2. The summed E-state index contributed by atoms with van der Waals surface area (Å²) in [5.74, 6) is 0.496. The van der Waals surface area contributed by atoms with E-state index >= 15 is 0 Å². The van der Waals surface area contributed by atoms with Crippen molar-refractivity contribution in [1.29, 1.82) is 0 Å². The molecule has 1 amide bonds. The van der Waals surface area contributed by atoms with Gasteiger partial charge in [0.25, 0.3) is 0 Å². The van der Waals surface area contributed by atoms with E-state index in [4.69, 9.17) is 9.47 Å². The number of benzene rings is 1. The lowest BCUT2D eigenvalue weighted by Gasteiger charge is -2.16. The van der Waals surface area contributed by atoms with Gasteiger partial charge in [0, 0.05) is 12.3 Å². The van der Waals surface area contributed by atoms with Gasteiger partial charge in [-0.1, -0.05) is 30.3 Å². The molecule has 0 unspecified atom stereocenters. The van der Waals surface area contributed by atoms with Crippen LogP contribution < -0.4 is 5.32 Å². The first-order chi connectivity index (χ1) is 11.2. The van der Waals surface area contributed by atoms with Crippen molar-refractivity contribution in [2.24, 2.45) is 4.99 Å². The molecule has 2 rings (SSSR count). The van der Waals surface area contributed by atoms with Crippen LogP contribution >= 0.6 is 11.8 Å². The molecule has 1 aromatic rings. The molecule has 1 N–H and O–H groups in total. The molecule has 23 heavy (non-hydrogen) atoms. The molecule has 124 valence electrons. The second-order valence-electron chi connectivity index (χ2n) is 4.94. The summed E-state index contributed by atoms with van der Waals surface area (Å²) in [5, 5.41) is 3.57.